The summed E-state index contributed by atoms with van der Waals surface area (Å²) in [5, 5.41) is 24.6. The Bertz CT molecular complexity index is 762. The molecule has 0 saturated carbocycles. The van der Waals surface area contributed by atoms with Gasteiger partial charge >= 0.3 is 0 Å². The number of carbonyl (C=O) groups excluding carboxylic acids is 1. The Balaban J connectivity index is 2.19. The zero-order valence-electron chi connectivity index (χ0n) is 13.2. The number of aryl methyl sites for hydroxylation is 1. The second kappa shape index (κ2) is 7.42. The third kappa shape index (κ3) is 3.90. The molecule has 1 amide bonds. The number of nitro groups is 1. The van der Waals surface area contributed by atoms with Crippen LogP contribution in [-0.2, 0) is 0 Å². The van der Waals surface area contributed by atoms with Crippen molar-refractivity contribution in [3.63, 3.8) is 0 Å². The van der Waals surface area contributed by atoms with E-state index in [9.17, 15) is 20.0 Å². The smallest absolute Gasteiger partial charge is 0.285 e. The van der Waals surface area contributed by atoms with Crippen LogP contribution in [0.1, 0.15) is 34.5 Å². The second-order valence-corrected chi connectivity index (χ2v) is 5.92. The molecule has 24 heavy (non-hydrogen) atoms. The van der Waals surface area contributed by atoms with Crippen LogP contribution in [0.5, 0.6) is 0 Å². The number of hydrogen-bond acceptors (Lipinski definition) is 4. The van der Waals surface area contributed by atoms with Gasteiger partial charge in [0.05, 0.1) is 17.1 Å². The highest BCUT2D eigenvalue weighted by Gasteiger charge is 2.25. The van der Waals surface area contributed by atoms with Crippen molar-refractivity contribution in [1.29, 1.82) is 0 Å². The number of nitrogens with one attached hydrogen (secondary N) is 1. The first kappa shape index (κ1) is 17.9. The number of aliphatic hydroxyl groups excluding tert-OH is 1. The first-order valence-corrected chi connectivity index (χ1v) is 7.67. The molecule has 0 saturated heterocycles. The normalized spacial score (nSPS) is 13.2. The van der Waals surface area contributed by atoms with E-state index in [2.05, 4.69) is 5.32 Å². The SMILES string of the molecule is Cc1cccc(C(=O)NC(C)C(O)c2ccc(Cl)cc2)c1[N+](=O)[O-]. The van der Waals surface area contributed by atoms with Crippen LogP contribution in [0.4, 0.5) is 5.69 Å². The Morgan fingerprint density at radius 2 is 1.88 bits per heavy atom. The lowest BCUT2D eigenvalue weighted by Crippen LogP contribution is -2.37. The van der Waals surface area contributed by atoms with Crippen molar-refractivity contribution in [2.75, 3.05) is 0 Å². The van der Waals surface area contributed by atoms with Crippen LogP contribution in [-0.4, -0.2) is 22.0 Å². The average Bonchev–Trinajstić information content (AvgIpc) is 2.54. The Morgan fingerprint density at radius 1 is 1.25 bits per heavy atom. The topological polar surface area (TPSA) is 92.5 Å². The van der Waals surface area contributed by atoms with E-state index in [-0.39, 0.29) is 11.3 Å². The monoisotopic (exact) mass is 348 g/mol. The third-order valence-corrected chi connectivity index (χ3v) is 3.96. The molecule has 0 spiro atoms. The van der Waals surface area contributed by atoms with Crippen molar-refractivity contribution in [1.82, 2.24) is 5.32 Å². The van der Waals surface area contributed by atoms with E-state index >= 15 is 0 Å². The Morgan fingerprint density at radius 3 is 2.46 bits per heavy atom. The molecule has 0 aliphatic carbocycles. The molecule has 2 unspecified atom stereocenters. The van der Waals surface area contributed by atoms with Crippen LogP contribution in [0.15, 0.2) is 42.5 Å². The number of rotatable bonds is 5. The summed E-state index contributed by atoms with van der Waals surface area (Å²) in [6.07, 6.45) is -0.963. The molecule has 0 aromatic heterocycles. The molecule has 2 atom stereocenters. The van der Waals surface area contributed by atoms with Crippen LogP contribution >= 0.6 is 11.6 Å². The lowest BCUT2D eigenvalue weighted by molar-refractivity contribution is -0.385. The second-order valence-electron chi connectivity index (χ2n) is 5.49. The van der Waals surface area contributed by atoms with E-state index in [0.29, 0.717) is 16.1 Å². The van der Waals surface area contributed by atoms with Crippen LogP contribution < -0.4 is 5.32 Å². The highest BCUT2D eigenvalue weighted by Crippen LogP contribution is 2.24. The minimum atomic E-state index is -0.963. The summed E-state index contributed by atoms with van der Waals surface area (Å²) in [4.78, 5) is 23.0. The lowest BCUT2D eigenvalue weighted by Gasteiger charge is -2.21. The molecule has 0 heterocycles. The zero-order valence-corrected chi connectivity index (χ0v) is 13.9. The standard InChI is InChI=1S/C17H17ClN2O4/c1-10-4-3-5-14(15(10)20(23)24)17(22)19-11(2)16(21)12-6-8-13(18)9-7-12/h3-9,11,16,21H,1-2H3,(H,19,22). The molecule has 6 nitrogen and oxygen atoms in total. The number of halogens is 1. The molecular weight excluding hydrogens is 332 g/mol. The van der Waals surface area contributed by atoms with E-state index in [1.165, 1.54) is 6.07 Å². The van der Waals surface area contributed by atoms with Crippen molar-refractivity contribution >= 4 is 23.2 Å². The molecule has 2 N–H and O–H groups in total. The van der Waals surface area contributed by atoms with Gasteiger partial charge in [0, 0.05) is 10.6 Å². The highest BCUT2D eigenvalue weighted by molar-refractivity contribution is 6.30. The number of aliphatic hydroxyl groups is 1. The van der Waals surface area contributed by atoms with Gasteiger partial charge in [0.2, 0.25) is 0 Å². The molecule has 0 fully saturated rings. The summed E-state index contributed by atoms with van der Waals surface area (Å²) in [6.45, 7) is 3.19. The summed E-state index contributed by atoms with van der Waals surface area (Å²) in [5.74, 6) is -0.606. The van der Waals surface area contributed by atoms with Crippen molar-refractivity contribution in [3.05, 3.63) is 74.3 Å². The predicted octanol–water partition coefficient (Wildman–Crippen LogP) is 3.41. The van der Waals surface area contributed by atoms with Gasteiger partial charge in [-0.05, 0) is 37.6 Å². The maximum Gasteiger partial charge on any atom is 0.285 e. The third-order valence-electron chi connectivity index (χ3n) is 3.71. The van der Waals surface area contributed by atoms with E-state index in [0.717, 1.165) is 0 Å². The van der Waals surface area contributed by atoms with Gasteiger partial charge in [-0.3, -0.25) is 14.9 Å². The summed E-state index contributed by atoms with van der Waals surface area (Å²) < 4.78 is 0. The van der Waals surface area contributed by atoms with Crippen molar-refractivity contribution in [3.8, 4) is 0 Å². The van der Waals surface area contributed by atoms with Crippen molar-refractivity contribution in [2.24, 2.45) is 0 Å². The minimum Gasteiger partial charge on any atom is -0.386 e. The minimum absolute atomic E-state index is 0.0323. The number of carbonyl (C=O) groups is 1. The molecular formula is C17H17ClN2O4. The van der Waals surface area contributed by atoms with Gasteiger partial charge in [-0.2, -0.15) is 0 Å². The molecule has 0 bridgehead atoms. The number of nitro benzene ring substituents is 1. The summed E-state index contributed by atoms with van der Waals surface area (Å²) in [6, 6.07) is 10.5. The first-order chi connectivity index (χ1) is 11.3. The van der Waals surface area contributed by atoms with E-state index in [1.807, 2.05) is 0 Å². The number of benzene rings is 2. The van der Waals surface area contributed by atoms with Crippen LogP contribution in [0.3, 0.4) is 0 Å². The van der Waals surface area contributed by atoms with Gasteiger partial charge < -0.3 is 10.4 Å². The highest BCUT2D eigenvalue weighted by atomic mass is 35.5. The average molecular weight is 349 g/mol. The summed E-state index contributed by atoms with van der Waals surface area (Å²) in [5.41, 5.74) is 0.725. The maximum atomic E-state index is 12.4. The van der Waals surface area contributed by atoms with Crippen molar-refractivity contribution < 1.29 is 14.8 Å². The molecule has 2 rings (SSSR count). The molecule has 2 aromatic rings. The van der Waals surface area contributed by atoms with Gasteiger partial charge in [0.1, 0.15) is 5.56 Å². The zero-order chi connectivity index (χ0) is 17.9. The van der Waals surface area contributed by atoms with Crippen LogP contribution in [0.2, 0.25) is 5.02 Å². The summed E-state index contributed by atoms with van der Waals surface area (Å²) >= 11 is 5.81. The number of para-hydroxylation sites is 1. The molecule has 126 valence electrons. The Labute approximate surface area is 144 Å². The van der Waals surface area contributed by atoms with Crippen LogP contribution in [0.25, 0.3) is 0 Å². The van der Waals surface area contributed by atoms with E-state index in [4.69, 9.17) is 11.6 Å². The van der Waals surface area contributed by atoms with Gasteiger partial charge in [-0.15, -0.1) is 0 Å². The van der Waals surface area contributed by atoms with Gasteiger partial charge in [0.25, 0.3) is 11.6 Å². The van der Waals surface area contributed by atoms with Gasteiger partial charge in [-0.1, -0.05) is 35.9 Å². The van der Waals surface area contributed by atoms with Crippen molar-refractivity contribution in [2.45, 2.75) is 26.0 Å². The lowest BCUT2D eigenvalue weighted by atomic mass is 10.0. The molecule has 0 aliphatic heterocycles. The van der Waals surface area contributed by atoms with Gasteiger partial charge in [-0.25, -0.2) is 0 Å². The first-order valence-electron chi connectivity index (χ1n) is 7.29. The van der Waals surface area contributed by atoms with Gasteiger partial charge in [0.15, 0.2) is 0 Å². The maximum absolute atomic E-state index is 12.4. The molecule has 7 heteroatoms. The fraction of sp³-hybridized carbons (Fsp3) is 0.235. The largest absolute Gasteiger partial charge is 0.386 e. The van der Waals surface area contributed by atoms with Crippen LogP contribution in [0, 0.1) is 17.0 Å². The molecule has 2 aromatic carbocycles. The fourth-order valence-electron chi connectivity index (χ4n) is 2.40. The Kier molecular flexibility index (Phi) is 5.54. The molecule has 0 aliphatic rings. The number of nitrogens with zero attached hydrogens (tertiary/aromatic N) is 1. The predicted molar refractivity (Wildman–Crippen MR) is 91.2 cm³/mol. The Hall–Kier alpha value is -2.44. The number of amides is 1. The fourth-order valence-corrected chi connectivity index (χ4v) is 2.52. The quantitative estimate of drug-likeness (QED) is 0.639. The molecule has 0 radical (unpaired) electrons. The van der Waals surface area contributed by atoms with E-state index < -0.39 is 23.0 Å². The number of hydrogen-bond donors (Lipinski definition) is 2. The summed E-state index contributed by atoms with van der Waals surface area (Å²) in [7, 11) is 0. The van der Waals surface area contributed by atoms with E-state index in [1.54, 1.807) is 50.2 Å².